The second-order valence-electron chi connectivity index (χ2n) is 5.22. The maximum absolute atomic E-state index is 12.2. The summed E-state index contributed by atoms with van der Waals surface area (Å²) in [5.41, 5.74) is 0.426. The van der Waals surface area contributed by atoms with Crippen LogP contribution in [0.15, 0.2) is 71.1 Å². The van der Waals surface area contributed by atoms with Crippen molar-refractivity contribution in [2.75, 3.05) is 5.32 Å². The zero-order valence-electron chi connectivity index (χ0n) is 13.5. The van der Waals surface area contributed by atoms with Crippen LogP contribution in [-0.2, 0) is 6.61 Å². The number of amides is 1. The number of para-hydroxylation sites is 1. The van der Waals surface area contributed by atoms with Crippen LogP contribution in [0.2, 0.25) is 0 Å². The summed E-state index contributed by atoms with van der Waals surface area (Å²) in [7, 11) is 0. The van der Waals surface area contributed by atoms with Crippen molar-refractivity contribution >= 4 is 11.6 Å². The zero-order valence-corrected chi connectivity index (χ0v) is 13.5. The molecule has 0 atom stereocenters. The van der Waals surface area contributed by atoms with E-state index in [0.717, 1.165) is 0 Å². The van der Waals surface area contributed by atoms with Crippen molar-refractivity contribution in [2.24, 2.45) is 0 Å². The highest BCUT2D eigenvalue weighted by molar-refractivity contribution is 6.02. The highest BCUT2D eigenvalue weighted by Gasteiger charge is 2.12. The van der Waals surface area contributed by atoms with Gasteiger partial charge in [-0.1, -0.05) is 18.2 Å². The van der Waals surface area contributed by atoms with Crippen molar-refractivity contribution in [2.45, 2.75) is 13.2 Å². The number of hydrogen-bond donors (Lipinski definition) is 1. The minimum Gasteiger partial charge on any atom is -0.486 e. The lowest BCUT2D eigenvalue weighted by atomic mass is 10.3. The molecule has 3 aromatic rings. The molecule has 1 amide bonds. The number of carbonyl (C=O) groups is 1. The van der Waals surface area contributed by atoms with Gasteiger partial charge in [-0.25, -0.2) is 0 Å². The van der Waals surface area contributed by atoms with Crippen LogP contribution in [0.3, 0.4) is 0 Å². The highest BCUT2D eigenvalue weighted by atomic mass is 19.3. The van der Waals surface area contributed by atoms with Crippen LogP contribution in [0.1, 0.15) is 16.3 Å². The molecule has 2 aromatic carbocycles. The Bertz CT molecular complexity index is 847. The van der Waals surface area contributed by atoms with Gasteiger partial charge in [-0.2, -0.15) is 8.78 Å². The van der Waals surface area contributed by atoms with Gasteiger partial charge < -0.3 is 19.2 Å². The van der Waals surface area contributed by atoms with Gasteiger partial charge in [0, 0.05) is 5.69 Å². The normalized spacial score (nSPS) is 10.6. The molecule has 0 bridgehead atoms. The van der Waals surface area contributed by atoms with Gasteiger partial charge in [-0.3, -0.25) is 4.79 Å². The maximum atomic E-state index is 12.2. The van der Waals surface area contributed by atoms with Crippen LogP contribution in [0.4, 0.5) is 14.5 Å². The summed E-state index contributed by atoms with van der Waals surface area (Å²) in [6.45, 7) is -2.70. The fourth-order valence-corrected chi connectivity index (χ4v) is 2.16. The predicted molar refractivity (Wildman–Crippen MR) is 90.5 cm³/mol. The molecule has 0 aliphatic heterocycles. The fourth-order valence-electron chi connectivity index (χ4n) is 2.16. The molecule has 0 radical (unpaired) electrons. The number of alkyl halides is 2. The van der Waals surface area contributed by atoms with Gasteiger partial charge in [0.15, 0.2) is 5.76 Å². The van der Waals surface area contributed by atoms with Crippen LogP contribution in [-0.4, -0.2) is 12.5 Å². The van der Waals surface area contributed by atoms with E-state index in [2.05, 4.69) is 10.1 Å². The van der Waals surface area contributed by atoms with E-state index in [1.165, 1.54) is 30.3 Å². The Hall–Kier alpha value is -3.35. The second-order valence-corrected chi connectivity index (χ2v) is 5.22. The zero-order chi connectivity index (χ0) is 18.4. The molecule has 0 aliphatic carbocycles. The molecule has 134 valence electrons. The number of anilines is 1. The van der Waals surface area contributed by atoms with Crippen molar-refractivity contribution in [1.29, 1.82) is 0 Å². The fraction of sp³-hybridized carbons (Fsp3) is 0.105. The number of carbonyl (C=O) groups excluding carboxylic acids is 1. The van der Waals surface area contributed by atoms with E-state index in [1.54, 1.807) is 6.07 Å². The smallest absolute Gasteiger partial charge is 0.387 e. The first-order chi connectivity index (χ1) is 12.6. The summed E-state index contributed by atoms with van der Waals surface area (Å²) in [5.74, 6) is 0.861. The Labute approximate surface area is 148 Å². The molecule has 7 heteroatoms. The maximum Gasteiger partial charge on any atom is 0.387 e. The first-order valence-corrected chi connectivity index (χ1v) is 7.73. The van der Waals surface area contributed by atoms with Crippen LogP contribution >= 0.6 is 0 Å². The summed E-state index contributed by atoms with van der Waals surface area (Å²) in [5, 5.41) is 2.61. The van der Waals surface area contributed by atoms with Gasteiger partial charge >= 0.3 is 6.61 Å². The SMILES string of the molecule is O=C(Nc1ccc(OC(F)F)cc1)c1ccc(COc2ccccc2)o1. The van der Waals surface area contributed by atoms with Crippen molar-refractivity contribution in [3.05, 3.63) is 78.3 Å². The molecule has 5 nitrogen and oxygen atoms in total. The van der Waals surface area contributed by atoms with Crippen LogP contribution in [0.5, 0.6) is 11.5 Å². The van der Waals surface area contributed by atoms with Crippen molar-refractivity contribution < 1.29 is 27.5 Å². The van der Waals surface area contributed by atoms with E-state index >= 15 is 0 Å². The van der Waals surface area contributed by atoms with Gasteiger partial charge in [0.05, 0.1) is 0 Å². The van der Waals surface area contributed by atoms with E-state index in [4.69, 9.17) is 9.15 Å². The summed E-state index contributed by atoms with van der Waals surface area (Å²) in [6, 6.07) is 18.0. The number of ether oxygens (including phenoxy) is 2. The molecule has 3 rings (SSSR count). The molecule has 0 spiro atoms. The van der Waals surface area contributed by atoms with Crippen LogP contribution < -0.4 is 14.8 Å². The van der Waals surface area contributed by atoms with E-state index in [0.29, 0.717) is 17.2 Å². The Kier molecular flexibility index (Phi) is 5.48. The molecule has 1 N–H and O–H groups in total. The number of halogens is 2. The Balaban J connectivity index is 1.56. The topological polar surface area (TPSA) is 60.7 Å². The van der Waals surface area contributed by atoms with Crippen molar-refractivity contribution in [3.8, 4) is 11.5 Å². The molecule has 0 unspecified atom stereocenters. The van der Waals surface area contributed by atoms with E-state index in [-0.39, 0.29) is 18.1 Å². The summed E-state index contributed by atoms with van der Waals surface area (Å²) >= 11 is 0. The third-order valence-corrected chi connectivity index (χ3v) is 3.35. The Morgan fingerprint density at radius 3 is 2.38 bits per heavy atom. The molecule has 0 saturated carbocycles. The monoisotopic (exact) mass is 359 g/mol. The van der Waals surface area contributed by atoms with E-state index < -0.39 is 12.5 Å². The summed E-state index contributed by atoms with van der Waals surface area (Å²) < 4.78 is 39.5. The number of hydrogen-bond acceptors (Lipinski definition) is 4. The van der Waals surface area contributed by atoms with E-state index in [9.17, 15) is 13.6 Å². The minimum atomic E-state index is -2.89. The number of nitrogens with one attached hydrogen (secondary N) is 1. The lowest BCUT2D eigenvalue weighted by Crippen LogP contribution is -2.11. The van der Waals surface area contributed by atoms with Gasteiger partial charge in [0.2, 0.25) is 0 Å². The quantitative estimate of drug-likeness (QED) is 0.664. The minimum absolute atomic E-state index is 0.0105. The first-order valence-electron chi connectivity index (χ1n) is 7.73. The predicted octanol–water partition coefficient (Wildman–Crippen LogP) is 4.71. The molecule has 1 aromatic heterocycles. The third kappa shape index (κ3) is 4.83. The van der Waals surface area contributed by atoms with Crippen molar-refractivity contribution in [3.63, 3.8) is 0 Å². The standard InChI is InChI=1S/C19H15F2NO4/c20-19(21)26-15-8-6-13(7-9-15)22-18(23)17-11-10-16(25-17)12-24-14-4-2-1-3-5-14/h1-11,19H,12H2,(H,22,23). The van der Waals surface area contributed by atoms with Gasteiger partial charge in [-0.15, -0.1) is 0 Å². The van der Waals surface area contributed by atoms with Gasteiger partial charge in [-0.05, 0) is 48.5 Å². The number of benzene rings is 2. The molecule has 26 heavy (non-hydrogen) atoms. The molecular weight excluding hydrogens is 344 g/mol. The molecule has 1 heterocycles. The third-order valence-electron chi connectivity index (χ3n) is 3.35. The van der Waals surface area contributed by atoms with Gasteiger partial charge in [0.25, 0.3) is 5.91 Å². The highest BCUT2D eigenvalue weighted by Crippen LogP contribution is 2.19. The number of furan rings is 1. The van der Waals surface area contributed by atoms with Gasteiger partial charge in [0.1, 0.15) is 23.9 Å². The van der Waals surface area contributed by atoms with Crippen LogP contribution in [0, 0.1) is 0 Å². The summed E-state index contributed by atoms with van der Waals surface area (Å²) in [6.07, 6.45) is 0. The Morgan fingerprint density at radius 2 is 1.69 bits per heavy atom. The van der Waals surface area contributed by atoms with E-state index in [1.807, 2.05) is 30.3 Å². The molecular formula is C19H15F2NO4. The first kappa shape index (κ1) is 17.5. The van der Waals surface area contributed by atoms with Crippen LogP contribution in [0.25, 0.3) is 0 Å². The van der Waals surface area contributed by atoms with Crippen molar-refractivity contribution in [1.82, 2.24) is 0 Å². The average Bonchev–Trinajstić information content (AvgIpc) is 3.11. The molecule has 0 aliphatic rings. The molecule has 0 fully saturated rings. The number of rotatable bonds is 7. The molecule has 0 saturated heterocycles. The lowest BCUT2D eigenvalue weighted by molar-refractivity contribution is -0.0498. The second kappa shape index (κ2) is 8.15. The average molecular weight is 359 g/mol. The Morgan fingerprint density at radius 1 is 0.962 bits per heavy atom. The lowest BCUT2D eigenvalue weighted by Gasteiger charge is -2.06. The largest absolute Gasteiger partial charge is 0.486 e. The summed E-state index contributed by atoms with van der Waals surface area (Å²) in [4.78, 5) is 12.2.